The summed E-state index contributed by atoms with van der Waals surface area (Å²) in [6, 6.07) is 6.14. The van der Waals surface area contributed by atoms with E-state index in [1.165, 1.54) is 19.2 Å². The maximum atomic E-state index is 13.2. The average Bonchev–Trinajstić information content (AvgIpc) is 2.43. The van der Waals surface area contributed by atoms with E-state index < -0.39 is 17.5 Å². The monoisotopic (exact) mass is 266 g/mol. The Morgan fingerprint density at radius 2 is 1.68 bits per heavy atom. The van der Waals surface area contributed by atoms with Gasteiger partial charge in [0.05, 0.1) is 7.11 Å². The van der Waals surface area contributed by atoms with E-state index in [2.05, 4.69) is 0 Å². The summed E-state index contributed by atoms with van der Waals surface area (Å²) in [5, 5.41) is 0. The summed E-state index contributed by atoms with van der Waals surface area (Å²) in [5.74, 6) is -3.70. The van der Waals surface area contributed by atoms with Gasteiger partial charge in [0.1, 0.15) is 5.75 Å². The Kier molecular flexibility index (Phi) is 3.55. The van der Waals surface area contributed by atoms with Crippen molar-refractivity contribution in [3.05, 3.63) is 53.3 Å². The van der Waals surface area contributed by atoms with Gasteiger partial charge in [0.15, 0.2) is 23.7 Å². The number of methoxy groups -OCH3 is 1. The van der Waals surface area contributed by atoms with Gasteiger partial charge in [-0.2, -0.15) is 0 Å². The fourth-order valence-electron chi connectivity index (χ4n) is 1.74. The molecule has 0 aliphatic rings. The molecule has 0 radical (unpaired) electrons. The van der Waals surface area contributed by atoms with Gasteiger partial charge in [-0.3, -0.25) is 4.79 Å². The number of halogens is 3. The predicted octanol–water partition coefficient (Wildman–Crippen LogP) is 3.59. The van der Waals surface area contributed by atoms with E-state index in [-0.39, 0.29) is 11.1 Å². The minimum atomic E-state index is -1.54. The van der Waals surface area contributed by atoms with Crippen LogP contribution in [0.3, 0.4) is 0 Å². The van der Waals surface area contributed by atoms with Crippen molar-refractivity contribution in [2.24, 2.45) is 0 Å². The van der Waals surface area contributed by atoms with Crippen LogP contribution in [0.25, 0.3) is 11.1 Å². The van der Waals surface area contributed by atoms with E-state index in [0.717, 1.165) is 12.1 Å². The van der Waals surface area contributed by atoms with Gasteiger partial charge in [-0.05, 0) is 41.5 Å². The van der Waals surface area contributed by atoms with Crippen LogP contribution in [0.15, 0.2) is 30.3 Å². The highest BCUT2D eigenvalue weighted by molar-refractivity contribution is 5.88. The Hall–Kier alpha value is -2.30. The third-order valence-corrected chi connectivity index (χ3v) is 2.68. The van der Waals surface area contributed by atoms with Crippen LogP contribution in [0, 0.1) is 17.5 Å². The van der Waals surface area contributed by atoms with E-state index in [9.17, 15) is 18.0 Å². The third-order valence-electron chi connectivity index (χ3n) is 2.68. The van der Waals surface area contributed by atoms with Gasteiger partial charge in [0.2, 0.25) is 0 Å². The fourth-order valence-corrected chi connectivity index (χ4v) is 1.74. The second-order valence-corrected chi connectivity index (χ2v) is 3.82. The van der Waals surface area contributed by atoms with Gasteiger partial charge >= 0.3 is 0 Å². The lowest BCUT2D eigenvalue weighted by atomic mass is 9.99. The van der Waals surface area contributed by atoms with Crippen LogP contribution in [-0.2, 0) is 0 Å². The standard InChI is InChI=1S/C14H9F3O2/c1-19-10-2-3-11(9(4-10)7-18)8-5-12(15)14(17)13(16)6-8/h2-7H,1H3. The van der Waals surface area contributed by atoms with Crippen molar-refractivity contribution in [1.82, 2.24) is 0 Å². The van der Waals surface area contributed by atoms with Crippen molar-refractivity contribution in [3.8, 4) is 16.9 Å². The van der Waals surface area contributed by atoms with Crippen molar-refractivity contribution >= 4 is 6.29 Å². The first-order valence-corrected chi connectivity index (χ1v) is 5.35. The maximum Gasteiger partial charge on any atom is 0.194 e. The van der Waals surface area contributed by atoms with Gasteiger partial charge in [0, 0.05) is 5.56 Å². The Labute approximate surface area is 107 Å². The molecule has 98 valence electrons. The molecule has 0 saturated heterocycles. The van der Waals surface area contributed by atoms with Crippen LogP contribution in [-0.4, -0.2) is 13.4 Å². The van der Waals surface area contributed by atoms with E-state index in [0.29, 0.717) is 17.6 Å². The second-order valence-electron chi connectivity index (χ2n) is 3.82. The molecule has 0 unspecified atom stereocenters. The van der Waals surface area contributed by atoms with Crippen molar-refractivity contribution in [1.29, 1.82) is 0 Å². The van der Waals surface area contributed by atoms with Crippen molar-refractivity contribution in [3.63, 3.8) is 0 Å². The SMILES string of the molecule is COc1ccc(-c2cc(F)c(F)c(F)c2)c(C=O)c1. The first-order chi connectivity index (χ1) is 9.06. The van der Waals surface area contributed by atoms with Crippen molar-refractivity contribution in [2.75, 3.05) is 7.11 Å². The highest BCUT2D eigenvalue weighted by Gasteiger charge is 2.14. The predicted molar refractivity (Wildman–Crippen MR) is 63.7 cm³/mol. The lowest BCUT2D eigenvalue weighted by molar-refractivity contribution is 0.112. The summed E-state index contributed by atoms with van der Waals surface area (Å²) < 4.78 is 44.2. The number of benzene rings is 2. The Bertz CT molecular complexity index is 616. The zero-order valence-corrected chi connectivity index (χ0v) is 9.91. The fraction of sp³-hybridized carbons (Fsp3) is 0.0714. The van der Waals surface area contributed by atoms with Crippen molar-refractivity contribution < 1.29 is 22.7 Å². The molecule has 0 N–H and O–H groups in total. The molecule has 0 amide bonds. The molecule has 0 heterocycles. The first-order valence-electron chi connectivity index (χ1n) is 5.35. The second kappa shape index (κ2) is 5.14. The Balaban J connectivity index is 2.61. The molecule has 0 bridgehead atoms. The number of carbonyl (C=O) groups excluding carboxylic acids is 1. The zero-order chi connectivity index (χ0) is 14.0. The topological polar surface area (TPSA) is 26.3 Å². The minimum absolute atomic E-state index is 0.0844. The largest absolute Gasteiger partial charge is 0.497 e. The molecule has 0 spiro atoms. The number of aldehydes is 1. The van der Waals surface area contributed by atoms with E-state index in [1.54, 1.807) is 6.07 Å². The van der Waals surface area contributed by atoms with E-state index in [4.69, 9.17) is 4.74 Å². The molecule has 2 nitrogen and oxygen atoms in total. The molecular weight excluding hydrogens is 257 g/mol. The van der Waals surface area contributed by atoms with Crippen LogP contribution in [0.2, 0.25) is 0 Å². The lowest BCUT2D eigenvalue weighted by Crippen LogP contribution is -1.95. The number of rotatable bonds is 3. The molecule has 0 saturated carbocycles. The van der Waals surface area contributed by atoms with Crippen LogP contribution in [0.4, 0.5) is 13.2 Å². The maximum absolute atomic E-state index is 13.2. The minimum Gasteiger partial charge on any atom is -0.497 e. The Morgan fingerprint density at radius 1 is 1.05 bits per heavy atom. The molecule has 5 heteroatoms. The number of hydrogen-bond acceptors (Lipinski definition) is 2. The van der Waals surface area contributed by atoms with Crippen LogP contribution >= 0.6 is 0 Å². The lowest BCUT2D eigenvalue weighted by Gasteiger charge is -2.08. The molecule has 0 aromatic heterocycles. The highest BCUT2D eigenvalue weighted by Crippen LogP contribution is 2.28. The van der Waals surface area contributed by atoms with Gasteiger partial charge in [-0.1, -0.05) is 0 Å². The smallest absolute Gasteiger partial charge is 0.194 e. The molecule has 19 heavy (non-hydrogen) atoms. The average molecular weight is 266 g/mol. The zero-order valence-electron chi connectivity index (χ0n) is 9.91. The summed E-state index contributed by atoms with van der Waals surface area (Å²) in [5.41, 5.74) is 0.583. The van der Waals surface area contributed by atoms with Gasteiger partial charge in [-0.25, -0.2) is 13.2 Å². The van der Waals surface area contributed by atoms with Crippen molar-refractivity contribution in [2.45, 2.75) is 0 Å². The number of hydrogen-bond donors (Lipinski definition) is 0. The quantitative estimate of drug-likeness (QED) is 0.627. The van der Waals surface area contributed by atoms with E-state index >= 15 is 0 Å². The molecule has 2 aromatic carbocycles. The van der Waals surface area contributed by atoms with Gasteiger partial charge in [-0.15, -0.1) is 0 Å². The summed E-state index contributed by atoms with van der Waals surface area (Å²) in [4.78, 5) is 11.0. The third kappa shape index (κ3) is 2.45. The number of ether oxygens (including phenoxy) is 1. The molecule has 0 fully saturated rings. The number of carbonyl (C=O) groups is 1. The summed E-state index contributed by atoms with van der Waals surface area (Å²) in [7, 11) is 1.43. The molecule has 2 aromatic rings. The highest BCUT2D eigenvalue weighted by atomic mass is 19.2. The normalized spacial score (nSPS) is 10.3. The molecular formula is C14H9F3O2. The molecule has 0 aliphatic carbocycles. The summed E-state index contributed by atoms with van der Waals surface area (Å²) >= 11 is 0. The first kappa shape index (κ1) is 13.1. The summed E-state index contributed by atoms with van der Waals surface area (Å²) in [6.45, 7) is 0. The van der Waals surface area contributed by atoms with Crippen LogP contribution in [0.1, 0.15) is 10.4 Å². The van der Waals surface area contributed by atoms with Gasteiger partial charge in [0.25, 0.3) is 0 Å². The molecule has 0 atom stereocenters. The molecule has 2 rings (SSSR count). The van der Waals surface area contributed by atoms with E-state index in [1.807, 2.05) is 0 Å². The summed E-state index contributed by atoms with van der Waals surface area (Å²) in [6.07, 6.45) is 0.539. The van der Waals surface area contributed by atoms with Crippen LogP contribution < -0.4 is 4.74 Å². The van der Waals surface area contributed by atoms with Crippen LogP contribution in [0.5, 0.6) is 5.75 Å². The Morgan fingerprint density at radius 3 is 2.21 bits per heavy atom. The van der Waals surface area contributed by atoms with Gasteiger partial charge < -0.3 is 4.74 Å². The molecule has 0 aliphatic heterocycles.